The lowest BCUT2D eigenvalue weighted by molar-refractivity contribution is -0.127. The van der Waals surface area contributed by atoms with Crippen LogP contribution < -0.4 is 5.32 Å². The quantitative estimate of drug-likeness (QED) is 0.555. The molecule has 0 bridgehead atoms. The fourth-order valence-electron chi connectivity index (χ4n) is 1.54. The number of hydrogen-bond donors (Lipinski definition) is 1. The van der Waals surface area contributed by atoms with Gasteiger partial charge < -0.3 is 5.32 Å². The average molecular weight is 241 g/mol. The molecule has 1 rings (SSSR count). The van der Waals surface area contributed by atoms with Crippen LogP contribution in [0.25, 0.3) is 0 Å². The normalized spacial score (nSPS) is 19.8. The minimum atomic E-state index is -0.373. The van der Waals surface area contributed by atoms with E-state index in [0.29, 0.717) is 25.8 Å². The molecule has 5 nitrogen and oxygen atoms in total. The number of nitrogens with zero attached hydrogens (tertiary/aromatic N) is 2. The standard InChI is InChI=1S/C10H15N3O2S/c1-16-7-4-8-9(14)13(10(15)12-8)6-3-2-5-11/h8H,2-4,6-7H2,1H3,(H,12,15). The molecule has 1 fully saturated rings. The van der Waals surface area contributed by atoms with Gasteiger partial charge in [-0.3, -0.25) is 9.69 Å². The third-order valence-corrected chi connectivity index (χ3v) is 3.03. The molecule has 16 heavy (non-hydrogen) atoms. The molecule has 0 spiro atoms. The number of hydrogen-bond acceptors (Lipinski definition) is 4. The van der Waals surface area contributed by atoms with Crippen molar-refractivity contribution in [3.8, 4) is 6.07 Å². The average Bonchev–Trinajstić information content (AvgIpc) is 2.54. The minimum Gasteiger partial charge on any atom is -0.326 e. The van der Waals surface area contributed by atoms with Crippen LogP contribution in [0.2, 0.25) is 0 Å². The molecule has 1 heterocycles. The molecule has 0 aliphatic carbocycles. The summed E-state index contributed by atoms with van der Waals surface area (Å²) in [4.78, 5) is 24.4. The SMILES string of the molecule is CSCCC1NC(=O)N(CCCC#N)C1=O. The second kappa shape index (κ2) is 6.38. The predicted octanol–water partition coefficient (Wildman–Crippen LogP) is 0.964. The molecule has 0 radical (unpaired) electrons. The highest BCUT2D eigenvalue weighted by atomic mass is 32.2. The van der Waals surface area contributed by atoms with Gasteiger partial charge in [-0.25, -0.2) is 4.79 Å². The number of nitrogens with one attached hydrogen (secondary N) is 1. The van der Waals surface area contributed by atoms with E-state index in [2.05, 4.69) is 5.32 Å². The summed E-state index contributed by atoms with van der Waals surface area (Å²) < 4.78 is 0. The Morgan fingerprint density at radius 2 is 2.31 bits per heavy atom. The van der Waals surface area contributed by atoms with Crippen LogP contribution in [0.4, 0.5) is 4.79 Å². The van der Waals surface area contributed by atoms with E-state index in [1.54, 1.807) is 11.8 Å². The number of urea groups is 1. The fourth-order valence-corrected chi connectivity index (χ4v) is 2.01. The highest BCUT2D eigenvalue weighted by Crippen LogP contribution is 2.12. The Bertz CT molecular complexity index is 314. The maximum Gasteiger partial charge on any atom is 0.324 e. The van der Waals surface area contributed by atoms with E-state index < -0.39 is 0 Å². The number of amides is 3. The van der Waals surface area contributed by atoms with E-state index in [0.717, 1.165) is 5.75 Å². The van der Waals surface area contributed by atoms with Crippen molar-refractivity contribution in [2.24, 2.45) is 0 Å². The van der Waals surface area contributed by atoms with E-state index in [4.69, 9.17) is 5.26 Å². The van der Waals surface area contributed by atoms with Crippen molar-refractivity contribution < 1.29 is 9.59 Å². The van der Waals surface area contributed by atoms with Crippen LogP contribution in [-0.4, -0.2) is 41.4 Å². The summed E-state index contributed by atoms with van der Waals surface area (Å²) in [5.74, 6) is 0.694. The van der Waals surface area contributed by atoms with Gasteiger partial charge in [0.2, 0.25) is 0 Å². The van der Waals surface area contributed by atoms with Gasteiger partial charge in [-0.1, -0.05) is 0 Å². The number of carbonyl (C=O) groups is 2. The number of rotatable bonds is 6. The molecular formula is C10H15N3O2S. The van der Waals surface area contributed by atoms with Crippen molar-refractivity contribution in [3.05, 3.63) is 0 Å². The van der Waals surface area contributed by atoms with Crippen molar-refractivity contribution >= 4 is 23.7 Å². The van der Waals surface area contributed by atoms with E-state index in [1.807, 2.05) is 12.3 Å². The third kappa shape index (κ3) is 3.14. The molecule has 0 saturated carbocycles. The Hall–Kier alpha value is -1.22. The lowest BCUT2D eigenvalue weighted by Crippen LogP contribution is -2.32. The Morgan fingerprint density at radius 3 is 2.94 bits per heavy atom. The second-order valence-electron chi connectivity index (χ2n) is 3.54. The molecule has 1 aliphatic rings. The molecule has 1 atom stereocenters. The highest BCUT2D eigenvalue weighted by Gasteiger charge is 2.36. The summed E-state index contributed by atoms with van der Waals surface area (Å²) in [5, 5.41) is 11.0. The Kier molecular flexibility index (Phi) is 5.12. The van der Waals surface area contributed by atoms with Crippen LogP contribution in [-0.2, 0) is 4.79 Å². The van der Waals surface area contributed by atoms with Gasteiger partial charge in [0.1, 0.15) is 6.04 Å². The first kappa shape index (κ1) is 12.8. The molecule has 6 heteroatoms. The van der Waals surface area contributed by atoms with Crippen molar-refractivity contribution in [2.75, 3.05) is 18.6 Å². The van der Waals surface area contributed by atoms with Gasteiger partial charge in [0, 0.05) is 13.0 Å². The Morgan fingerprint density at radius 1 is 1.56 bits per heavy atom. The fraction of sp³-hybridized carbons (Fsp3) is 0.700. The summed E-state index contributed by atoms with van der Waals surface area (Å²) in [5.41, 5.74) is 0. The van der Waals surface area contributed by atoms with E-state index in [9.17, 15) is 9.59 Å². The van der Waals surface area contributed by atoms with Crippen LogP contribution in [0, 0.1) is 11.3 Å². The lowest BCUT2D eigenvalue weighted by Gasteiger charge is -2.11. The van der Waals surface area contributed by atoms with Crippen molar-refractivity contribution in [2.45, 2.75) is 25.3 Å². The molecule has 3 amide bonds. The second-order valence-corrected chi connectivity index (χ2v) is 4.52. The summed E-state index contributed by atoms with van der Waals surface area (Å²) in [6.45, 7) is 0.341. The molecule has 0 aromatic carbocycles. The molecule has 1 unspecified atom stereocenters. The molecule has 88 valence electrons. The van der Waals surface area contributed by atoms with Gasteiger partial charge in [0.25, 0.3) is 5.91 Å². The largest absolute Gasteiger partial charge is 0.326 e. The number of carbonyl (C=O) groups excluding carboxylic acids is 2. The van der Waals surface area contributed by atoms with Crippen LogP contribution in [0.1, 0.15) is 19.3 Å². The zero-order valence-electron chi connectivity index (χ0n) is 9.23. The maximum atomic E-state index is 11.8. The minimum absolute atomic E-state index is 0.156. The zero-order chi connectivity index (χ0) is 12.0. The van der Waals surface area contributed by atoms with Crippen LogP contribution in [0.15, 0.2) is 0 Å². The Labute approximate surface area is 99.2 Å². The number of thioether (sulfide) groups is 1. The van der Waals surface area contributed by atoms with Crippen LogP contribution in [0.5, 0.6) is 0 Å². The monoisotopic (exact) mass is 241 g/mol. The smallest absolute Gasteiger partial charge is 0.324 e. The molecule has 1 aliphatic heterocycles. The van der Waals surface area contributed by atoms with Crippen LogP contribution in [0.3, 0.4) is 0 Å². The van der Waals surface area contributed by atoms with Crippen molar-refractivity contribution in [1.82, 2.24) is 10.2 Å². The predicted molar refractivity (Wildman–Crippen MR) is 61.9 cm³/mol. The van der Waals surface area contributed by atoms with Crippen LogP contribution >= 0.6 is 11.8 Å². The highest BCUT2D eigenvalue weighted by molar-refractivity contribution is 7.98. The molecule has 0 aromatic rings. The van der Waals surface area contributed by atoms with Gasteiger partial charge in [0.15, 0.2) is 0 Å². The van der Waals surface area contributed by atoms with E-state index in [1.165, 1.54) is 4.90 Å². The zero-order valence-corrected chi connectivity index (χ0v) is 10.0. The summed E-state index contributed by atoms with van der Waals surface area (Å²) in [6.07, 6.45) is 3.55. The van der Waals surface area contributed by atoms with E-state index >= 15 is 0 Å². The maximum absolute atomic E-state index is 11.8. The Balaban J connectivity index is 2.44. The van der Waals surface area contributed by atoms with Crippen molar-refractivity contribution in [1.29, 1.82) is 5.26 Å². The topological polar surface area (TPSA) is 73.2 Å². The first-order valence-electron chi connectivity index (χ1n) is 5.18. The number of nitriles is 1. The van der Waals surface area contributed by atoms with Gasteiger partial charge in [0.05, 0.1) is 6.07 Å². The summed E-state index contributed by atoms with van der Waals surface area (Å²) in [7, 11) is 0. The first-order chi connectivity index (χ1) is 7.70. The number of unbranched alkanes of at least 4 members (excludes halogenated alkanes) is 1. The first-order valence-corrected chi connectivity index (χ1v) is 6.58. The third-order valence-electron chi connectivity index (χ3n) is 2.39. The number of imide groups is 1. The van der Waals surface area contributed by atoms with E-state index in [-0.39, 0.29) is 18.0 Å². The van der Waals surface area contributed by atoms with Gasteiger partial charge >= 0.3 is 6.03 Å². The van der Waals surface area contributed by atoms with Gasteiger partial charge in [-0.15, -0.1) is 0 Å². The lowest BCUT2D eigenvalue weighted by atomic mass is 10.2. The van der Waals surface area contributed by atoms with Gasteiger partial charge in [-0.05, 0) is 24.9 Å². The summed E-state index contributed by atoms with van der Waals surface area (Å²) >= 11 is 1.65. The molecule has 0 aromatic heterocycles. The van der Waals surface area contributed by atoms with Crippen molar-refractivity contribution in [3.63, 3.8) is 0 Å². The van der Waals surface area contributed by atoms with Gasteiger partial charge in [-0.2, -0.15) is 17.0 Å². The summed E-state index contributed by atoms with van der Waals surface area (Å²) in [6, 6.07) is 1.30. The molecule has 1 N–H and O–H groups in total. The molecule has 1 saturated heterocycles. The molecular weight excluding hydrogens is 226 g/mol.